The molecule has 0 aliphatic rings. The van der Waals surface area contributed by atoms with Gasteiger partial charge in [0.2, 0.25) is 0 Å². The Hall–Kier alpha value is -2.33. The number of amides is 1. The summed E-state index contributed by atoms with van der Waals surface area (Å²) in [5, 5.41) is 19.1. The molecule has 0 unspecified atom stereocenters. The lowest BCUT2D eigenvalue weighted by atomic mass is 10.2. The highest BCUT2D eigenvalue weighted by Gasteiger charge is 2.11. The van der Waals surface area contributed by atoms with Crippen LogP contribution in [0.4, 0.5) is 5.69 Å². The standard InChI is InChI=1S/C18H26N4O5/c1-15-2-4-16(5-3-15)19-18(24)17-14-22(21-20-17)6-8-25-10-12-27-13-11-26-9-7-23/h2-5,14,23H,6-13H2,1H3,(H,19,24). The molecule has 27 heavy (non-hydrogen) atoms. The molecule has 0 fully saturated rings. The second-order valence-electron chi connectivity index (χ2n) is 5.75. The Bertz CT molecular complexity index is 675. The van der Waals surface area contributed by atoms with Gasteiger partial charge < -0.3 is 24.6 Å². The number of aliphatic hydroxyl groups excluding tert-OH is 1. The van der Waals surface area contributed by atoms with Gasteiger partial charge in [-0.05, 0) is 19.1 Å². The number of nitrogens with zero attached hydrogens (tertiary/aromatic N) is 3. The van der Waals surface area contributed by atoms with Crippen molar-refractivity contribution in [1.29, 1.82) is 0 Å². The number of carbonyl (C=O) groups is 1. The number of carbonyl (C=O) groups excluding carboxylic acids is 1. The van der Waals surface area contributed by atoms with E-state index in [4.69, 9.17) is 19.3 Å². The quantitative estimate of drug-likeness (QED) is 0.498. The lowest BCUT2D eigenvalue weighted by Crippen LogP contribution is -2.13. The van der Waals surface area contributed by atoms with Crippen molar-refractivity contribution < 1.29 is 24.1 Å². The fourth-order valence-electron chi connectivity index (χ4n) is 2.11. The van der Waals surface area contributed by atoms with Crippen molar-refractivity contribution in [2.45, 2.75) is 13.5 Å². The Morgan fingerprint density at radius 3 is 2.33 bits per heavy atom. The molecule has 2 rings (SSSR count). The number of rotatable bonds is 13. The highest BCUT2D eigenvalue weighted by Crippen LogP contribution is 2.09. The maximum atomic E-state index is 12.2. The fourth-order valence-corrected chi connectivity index (χ4v) is 2.11. The number of aliphatic hydroxyl groups is 1. The molecule has 1 aromatic carbocycles. The van der Waals surface area contributed by atoms with Gasteiger partial charge in [0.05, 0.1) is 59.0 Å². The molecule has 1 amide bonds. The van der Waals surface area contributed by atoms with Crippen LogP contribution in [0, 0.1) is 6.92 Å². The Balaban J connectivity index is 1.59. The van der Waals surface area contributed by atoms with E-state index in [2.05, 4.69) is 15.6 Å². The van der Waals surface area contributed by atoms with E-state index in [1.54, 1.807) is 10.9 Å². The normalized spacial score (nSPS) is 10.9. The number of hydrogen-bond acceptors (Lipinski definition) is 7. The number of anilines is 1. The smallest absolute Gasteiger partial charge is 0.277 e. The monoisotopic (exact) mass is 378 g/mol. The van der Waals surface area contributed by atoms with Crippen molar-refractivity contribution in [3.63, 3.8) is 0 Å². The summed E-state index contributed by atoms with van der Waals surface area (Å²) in [5.41, 5.74) is 2.09. The predicted molar refractivity (Wildman–Crippen MR) is 98.7 cm³/mol. The zero-order valence-corrected chi connectivity index (χ0v) is 15.5. The number of aromatic nitrogens is 3. The highest BCUT2D eigenvalue weighted by atomic mass is 16.5. The van der Waals surface area contributed by atoms with Gasteiger partial charge in [-0.25, -0.2) is 4.68 Å². The molecule has 0 spiro atoms. The van der Waals surface area contributed by atoms with E-state index in [0.29, 0.717) is 51.9 Å². The number of benzene rings is 1. The van der Waals surface area contributed by atoms with E-state index in [1.807, 2.05) is 31.2 Å². The first-order valence-corrected chi connectivity index (χ1v) is 8.81. The van der Waals surface area contributed by atoms with E-state index < -0.39 is 0 Å². The number of ether oxygens (including phenoxy) is 3. The van der Waals surface area contributed by atoms with Crippen LogP contribution < -0.4 is 5.32 Å². The molecule has 0 radical (unpaired) electrons. The first-order valence-electron chi connectivity index (χ1n) is 8.81. The minimum Gasteiger partial charge on any atom is -0.394 e. The zero-order chi connectivity index (χ0) is 19.3. The molecule has 1 heterocycles. The molecule has 9 heteroatoms. The van der Waals surface area contributed by atoms with Gasteiger partial charge in [-0.2, -0.15) is 0 Å². The molecule has 2 N–H and O–H groups in total. The lowest BCUT2D eigenvalue weighted by molar-refractivity contribution is 0.00628. The van der Waals surface area contributed by atoms with Crippen molar-refractivity contribution >= 4 is 11.6 Å². The molecule has 0 aliphatic carbocycles. The van der Waals surface area contributed by atoms with Gasteiger partial charge in [-0.15, -0.1) is 5.10 Å². The van der Waals surface area contributed by atoms with Crippen LogP contribution in [0.1, 0.15) is 16.1 Å². The molecule has 1 aromatic heterocycles. The molecule has 0 aliphatic heterocycles. The van der Waals surface area contributed by atoms with Crippen LogP contribution in [0.5, 0.6) is 0 Å². The fraction of sp³-hybridized carbons (Fsp3) is 0.500. The molecule has 9 nitrogen and oxygen atoms in total. The Morgan fingerprint density at radius 1 is 1.04 bits per heavy atom. The minimum atomic E-state index is -0.303. The largest absolute Gasteiger partial charge is 0.394 e. The summed E-state index contributed by atoms with van der Waals surface area (Å²) in [6.07, 6.45) is 1.59. The second-order valence-corrected chi connectivity index (χ2v) is 5.75. The van der Waals surface area contributed by atoms with Gasteiger partial charge in [-0.3, -0.25) is 4.79 Å². The number of hydrogen-bond donors (Lipinski definition) is 2. The summed E-state index contributed by atoms with van der Waals surface area (Å²) in [6.45, 7) is 5.08. The summed E-state index contributed by atoms with van der Waals surface area (Å²) in [5.74, 6) is -0.303. The van der Waals surface area contributed by atoms with Gasteiger partial charge in [0.15, 0.2) is 5.69 Å². The SMILES string of the molecule is Cc1ccc(NC(=O)c2cn(CCOCCOCCOCCO)nn2)cc1. The third-order valence-electron chi connectivity index (χ3n) is 3.53. The average Bonchev–Trinajstić information content (AvgIpc) is 3.14. The summed E-state index contributed by atoms with van der Waals surface area (Å²) in [4.78, 5) is 12.2. The molecule has 0 saturated carbocycles. The van der Waals surface area contributed by atoms with E-state index in [1.165, 1.54) is 0 Å². The molecule has 2 aromatic rings. The van der Waals surface area contributed by atoms with Gasteiger partial charge in [-0.1, -0.05) is 22.9 Å². The Labute approximate surface area is 158 Å². The first-order chi connectivity index (χ1) is 13.2. The van der Waals surface area contributed by atoms with Crippen LogP contribution >= 0.6 is 0 Å². The minimum absolute atomic E-state index is 0.0146. The van der Waals surface area contributed by atoms with E-state index >= 15 is 0 Å². The molecule has 0 saturated heterocycles. The summed E-state index contributed by atoms with van der Waals surface area (Å²) in [7, 11) is 0. The summed E-state index contributed by atoms with van der Waals surface area (Å²) < 4.78 is 17.4. The van der Waals surface area contributed by atoms with E-state index in [-0.39, 0.29) is 18.2 Å². The van der Waals surface area contributed by atoms with Gasteiger partial charge in [0.25, 0.3) is 5.91 Å². The summed E-state index contributed by atoms with van der Waals surface area (Å²) in [6, 6.07) is 7.53. The van der Waals surface area contributed by atoms with Crippen molar-refractivity contribution in [2.75, 3.05) is 51.6 Å². The highest BCUT2D eigenvalue weighted by molar-refractivity contribution is 6.02. The lowest BCUT2D eigenvalue weighted by Gasteiger charge is -2.06. The third-order valence-corrected chi connectivity index (χ3v) is 3.53. The molecule has 0 bridgehead atoms. The van der Waals surface area contributed by atoms with Crippen LogP contribution in [0.15, 0.2) is 30.5 Å². The summed E-state index contributed by atoms with van der Waals surface area (Å²) >= 11 is 0. The maximum Gasteiger partial charge on any atom is 0.277 e. The van der Waals surface area contributed by atoms with Crippen molar-refractivity contribution in [3.8, 4) is 0 Å². The molecular formula is C18H26N4O5. The third kappa shape index (κ3) is 8.27. The Morgan fingerprint density at radius 2 is 1.67 bits per heavy atom. The van der Waals surface area contributed by atoms with Crippen LogP contribution in [-0.4, -0.2) is 72.3 Å². The van der Waals surface area contributed by atoms with Crippen LogP contribution in [0.2, 0.25) is 0 Å². The van der Waals surface area contributed by atoms with Crippen molar-refractivity contribution in [1.82, 2.24) is 15.0 Å². The van der Waals surface area contributed by atoms with Gasteiger partial charge in [0, 0.05) is 5.69 Å². The van der Waals surface area contributed by atoms with Crippen molar-refractivity contribution in [3.05, 3.63) is 41.7 Å². The average molecular weight is 378 g/mol. The van der Waals surface area contributed by atoms with Gasteiger partial charge >= 0.3 is 0 Å². The maximum absolute atomic E-state index is 12.2. The first kappa shape index (κ1) is 21.0. The number of aryl methyl sites for hydroxylation is 1. The Kier molecular flexibility index (Phi) is 9.42. The zero-order valence-electron chi connectivity index (χ0n) is 15.5. The van der Waals surface area contributed by atoms with Crippen LogP contribution in [-0.2, 0) is 20.8 Å². The number of nitrogens with one attached hydrogen (secondary N) is 1. The van der Waals surface area contributed by atoms with Crippen LogP contribution in [0.25, 0.3) is 0 Å². The van der Waals surface area contributed by atoms with Crippen molar-refractivity contribution in [2.24, 2.45) is 0 Å². The molecule has 0 atom stereocenters. The molecular weight excluding hydrogens is 352 g/mol. The van der Waals surface area contributed by atoms with Crippen LogP contribution in [0.3, 0.4) is 0 Å². The van der Waals surface area contributed by atoms with Gasteiger partial charge in [0.1, 0.15) is 0 Å². The second kappa shape index (κ2) is 12.1. The topological polar surface area (TPSA) is 108 Å². The molecule has 148 valence electrons. The van der Waals surface area contributed by atoms with E-state index in [0.717, 1.165) is 5.56 Å². The van der Waals surface area contributed by atoms with E-state index in [9.17, 15) is 4.79 Å². The predicted octanol–water partition coefficient (Wildman–Crippen LogP) is 0.881.